The van der Waals surface area contributed by atoms with E-state index in [1.807, 2.05) is 0 Å². The van der Waals surface area contributed by atoms with Gasteiger partial charge in [0.15, 0.2) is 0 Å². The Labute approximate surface area is 189 Å². The summed E-state index contributed by atoms with van der Waals surface area (Å²) in [6, 6.07) is 27.1. The Kier molecular flexibility index (Phi) is 6.64. The Morgan fingerprint density at radius 2 is 1.60 bits per heavy atom. The standard InChI is InChI=1S/C13H12O.C11H14N.C2H7Si.Ti/c1-10-7-12(9-13(14)8-10)11-5-3-2-4-6-11;1-12(2)11-7-9-5-3-4-6-10(9)8-11;1-3-2;/h2-9,14H,1H3;3-7,11H,8H2,1-2H3;3H,1-2H3;/q;;;+1/p-1. The van der Waals surface area contributed by atoms with E-state index in [-0.39, 0.29) is 0 Å². The van der Waals surface area contributed by atoms with Crippen LogP contribution in [0.3, 0.4) is 0 Å². The number of rotatable bonds is 6. The molecule has 0 amide bonds. The second-order valence-electron chi connectivity index (χ2n) is 8.97. The number of likely N-dealkylation sites (N-methyl/N-ethyl adjacent to an activating group) is 1. The van der Waals surface area contributed by atoms with Crippen LogP contribution >= 0.6 is 0 Å². The van der Waals surface area contributed by atoms with Crippen molar-refractivity contribution in [1.29, 1.82) is 0 Å². The topological polar surface area (TPSA) is 12.5 Å². The molecule has 0 N–H and O–H groups in total. The van der Waals surface area contributed by atoms with Gasteiger partial charge in [-0.2, -0.15) is 0 Å². The molecule has 0 spiro atoms. The van der Waals surface area contributed by atoms with Gasteiger partial charge in [-0.3, -0.25) is 0 Å². The molecule has 0 saturated carbocycles. The third kappa shape index (κ3) is 4.50. The van der Waals surface area contributed by atoms with Gasteiger partial charge in [0.05, 0.1) is 0 Å². The van der Waals surface area contributed by atoms with Gasteiger partial charge >= 0.3 is 190 Å². The fraction of sp³-hybridized carbons (Fsp3) is 0.308. The van der Waals surface area contributed by atoms with Crippen molar-refractivity contribution in [3.05, 3.63) is 89.5 Å². The second kappa shape index (κ2) is 9.23. The van der Waals surface area contributed by atoms with E-state index >= 15 is 0 Å². The summed E-state index contributed by atoms with van der Waals surface area (Å²) >= 11 is -1.82. The summed E-state index contributed by atoms with van der Waals surface area (Å²) in [5, 5.41) is 0. The number of hydrogen-bond donors (Lipinski definition) is 0. The second-order valence-corrected chi connectivity index (χ2v) is 21.6. The number of fused-ring (bicyclic) bond motifs is 1. The van der Waals surface area contributed by atoms with Crippen LogP contribution in [0.1, 0.15) is 20.9 Å². The monoisotopic (exact) mass is 450 g/mol. The minimum absolute atomic E-state index is 0.561. The fourth-order valence-corrected chi connectivity index (χ4v) is 15.3. The first-order valence-corrected chi connectivity index (χ1v) is 18.0. The van der Waals surface area contributed by atoms with Crippen LogP contribution in [0, 0.1) is 6.92 Å². The number of benzene rings is 3. The Bertz CT molecular complexity index is 1000. The molecule has 1 aliphatic carbocycles. The molecule has 4 heteroatoms. The number of nitrogens with zero attached hydrogens (tertiary/aromatic N) is 1. The minimum atomic E-state index is -1.82. The van der Waals surface area contributed by atoms with Crippen molar-refractivity contribution in [3.8, 4) is 16.9 Å². The van der Waals surface area contributed by atoms with E-state index in [0.717, 1.165) is 12.2 Å². The van der Waals surface area contributed by atoms with Gasteiger partial charge in [0.1, 0.15) is 0 Å². The Morgan fingerprint density at radius 3 is 2.30 bits per heavy atom. The average Bonchev–Trinajstić information content (AvgIpc) is 3.12. The molecule has 1 aliphatic rings. The molecule has 3 aromatic rings. The third-order valence-electron chi connectivity index (χ3n) is 6.14. The zero-order chi connectivity index (χ0) is 21.3. The van der Waals surface area contributed by atoms with E-state index in [0.29, 0.717) is 10.3 Å². The van der Waals surface area contributed by atoms with Crippen LogP contribution in [-0.2, 0) is 23.9 Å². The Morgan fingerprint density at radius 1 is 0.900 bits per heavy atom. The normalized spacial score (nSPS) is 18.0. The number of hydrogen-bond acceptors (Lipinski definition) is 2. The molecule has 0 aliphatic heterocycles. The summed E-state index contributed by atoms with van der Waals surface area (Å²) < 4.78 is 7.63. The fourth-order valence-electron chi connectivity index (χ4n) is 4.68. The van der Waals surface area contributed by atoms with Crippen LogP contribution < -0.4 is 3.32 Å². The van der Waals surface area contributed by atoms with E-state index in [9.17, 15) is 0 Å². The van der Waals surface area contributed by atoms with Crippen LogP contribution in [-0.4, -0.2) is 31.7 Å². The van der Waals surface area contributed by atoms with E-state index in [2.05, 4.69) is 112 Å². The van der Waals surface area contributed by atoms with E-state index in [1.54, 1.807) is 5.56 Å². The molecule has 0 heterocycles. The quantitative estimate of drug-likeness (QED) is 0.441. The van der Waals surface area contributed by atoms with Gasteiger partial charge in [-0.05, 0) is 0 Å². The van der Waals surface area contributed by atoms with Gasteiger partial charge in [0, 0.05) is 0 Å². The van der Waals surface area contributed by atoms with Crippen molar-refractivity contribution in [2.45, 2.75) is 36.7 Å². The molecular weight excluding hydrogens is 418 g/mol. The van der Waals surface area contributed by atoms with Crippen molar-refractivity contribution >= 4 is 6.66 Å². The van der Waals surface area contributed by atoms with Crippen molar-refractivity contribution in [2.24, 2.45) is 0 Å². The summed E-state index contributed by atoms with van der Waals surface area (Å²) in [7, 11) is 4.48. The van der Waals surface area contributed by atoms with Crippen molar-refractivity contribution in [2.75, 3.05) is 14.1 Å². The SMILES string of the molecule is Cc1cc([O][Ti]([CH]2c3ccccc3CC2N(C)C)[SiH](C)C)cc(-c2ccccc2)c1. The molecule has 0 aromatic heterocycles. The predicted molar refractivity (Wildman–Crippen MR) is 126 cm³/mol. The molecule has 0 radical (unpaired) electrons. The summed E-state index contributed by atoms with van der Waals surface area (Å²) in [6.45, 7) is 6.24. The summed E-state index contributed by atoms with van der Waals surface area (Å²) in [5.41, 5.74) is 6.86. The van der Waals surface area contributed by atoms with Crippen LogP contribution in [0.15, 0.2) is 72.8 Å². The summed E-state index contributed by atoms with van der Waals surface area (Å²) in [4.78, 5) is 2.43. The van der Waals surface area contributed by atoms with Gasteiger partial charge in [-0.15, -0.1) is 0 Å². The Hall–Kier alpha value is -1.65. The van der Waals surface area contributed by atoms with Gasteiger partial charge in [-0.25, -0.2) is 0 Å². The van der Waals surface area contributed by atoms with Crippen LogP contribution in [0.4, 0.5) is 0 Å². The van der Waals surface area contributed by atoms with Crippen LogP contribution in [0.5, 0.6) is 5.75 Å². The predicted octanol–water partition coefficient (Wildman–Crippen LogP) is 5.79. The molecule has 2 nitrogen and oxygen atoms in total. The van der Waals surface area contributed by atoms with Crippen molar-refractivity contribution < 1.29 is 20.8 Å². The third-order valence-corrected chi connectivity index (χ3v) is 17.4. The van der Waals surface area contributed by atoms with Crippen LogP contribution in [0.25, 0.3) is 11.1 Å². The number of aryl methyl sites for hydroxylation is 1. The van der Waals surface area contributed by atoms with Gasteiger partial charge < -0.3 is 0 Å². The maximum absolute atomic E-state index is 7.04. The molecule has 0 bridgehead atoms. The van der Waals surface area contributed by atoms with E-state index in [1.165, 1.54) is 22.3 Å². The summed E-state index contributed by atoms with van der Waals surface area (Å²) in [6.07, 6.45) is 1.15. The molecule has 155 valence electrons. The average molecular weight is 451 g/mol. The Balaban J connectivity index is 1.70. The van der Waals surface area contributed by atoms with E-state index in [4.69, 9.17) is 3.32 Å². The molecular formula is C26H32NOSiTi. The molecule has 4 rings (SSSR count). The zero-order valence-electron chi connectivity index (χ0n) is 18.7. The first-order chi connectivity index (χ1) is 14.4. The van der Waals surface area contributed by atoms with Crippen molar-refractivity contribution in [1.82, 2.24) is 4.90 Å². The summed E-state index contributed by atoms with van der Waals surface area (Å²) in [5.74, 6) is 1.08. The molecule has 30 heavy (non-hydrogen) atoms. The van der Waals surface area contributed by atoms with E-state index < -0.39 is 24.2 Å². The first kappa shape index (κ1) is 21.6. The molecule has 2 atom stereocenters. The molecule has 2 unspecified atom stereocenters. The van der Waals surface area contributed by atoms with Gasteiger partial charge in [-0.1, -0.05) is 0 Å². The maximum atomic E-state index is 7.04. The van der Waals surface area contributed by atoms with Crippen molar-refractivity contribution in [3.63, 3.8) is 0 Å². The zero-order valence-corrected chi connectivity index (χ0v) is 21.4. The van der Waals surface area contributed by atoms with Gasteiger partial charge in [0.25, 0.3) is 0 Å². The van der Waals surface area contributed by atoms with Crippen LogP contribution in [0.2, 0.25) is 13.1 Å². The molecule has 0 saturated heterocycles. The first-order valence-electron chi connectivity index (χ1n) is 10.9. The molecule has 0 fully saturated rings. The van der Waals surface area contributed by atoms with Gasteiger partial charge in [0.2, 0.25) is 0 Å². The molecule has 3 aromatic carbocycles.